The lowest BCUT2D eigenvalue weighted by atomic mass is 9.34. The maximum absolute atomic E-state index is 11.8. The van der Waals surface area contributed by atoms with Gasteiger partial charge in [-0.05, 0) is 111 Å². The number of aliphatic hydroxyl groups is 4. The Morgan fingerprint density at radius 3 is 2.17 bits per heavy atom. The summed E-state index contributed by atoms with van der Waals surface area (Å²) < 4.78 is 0. The number of rotatable bonds is 5. The van der Waals surface area contributed by atoms with Crippen molar-refractivity contribution in [3.8, 4) is 0 Å². The standard InChI is InChI=1S/C30H52O6/c1-25(2,36-35)12-9-13-30(8,34)18-10-15-28(6)23(18)19(31)16-21-27(5)14-11-22(33)26(3,4)24(27)20(32)17-29(21,28)7/h9,12,18-24,31-35H,10-11,13-17H2,1-8H3. The summed E-state index contributed by atoms with van der Waals surface area (Å²) in [6, 6.07) is 0. The Morgan fingerprint density at radius 2 is 1.56 bits per heavy atom. The average Bonchev–Trinajstić information content (AvgIpc) is 3.13. The van der Waals surface area contributed by atoms with Crippen LogP contribution in [0, 0.1) is 45.3 Å². The van der Waals surface area contributed by atoms with Crippen LogP contribution in [0.5, 0.6) is 0 Å². The molecule has 0 spiro atoms. The van der Waals surface area contributed by atoms with E-state index in [0.717, 1.165) is 25.7 Å². The van der Waals surface area contributed by atoms with Crippen molar-refractivity contribution in [2.75, 3.05) is 0 Å². The van der Waals surface area contributed by atoms with E-state index in [0.29, 0.717) is 19.3 Å². The van der Waals surface area contributed by atoms with Crippen LogP contribution >= 0.6 is 0 Å². The molecular weight excluding hydrogens is 456 g/mol. The fourth-order valence-electron chi connectivity index (χ4n) is 10.4. The van der Waals surface area contributed by atoms with Gasteiger partial charge in [0.05, 0.1) is 23.9 Å². The first kappa shape index (κ1) is 28.5. The summed E-state index contributed by atoms with van der Waals surface area (Å²) in [5, 5.41) is 55.1. The molecule has 0 radical (unpaired) electrons. The molecule has 4 aliphatic carbocycles. The molecule has 0 aromatic carbocycles. The molecule has 6 heteroatoms. The Hall–Kier alpha value is -0.500. The fourth-order valence-corrected chi connectivity index (χ4v) is 10.4. The van der Waals surface area contributed by atoms with Crippen molar-refractivity contribution in [1.29, 1.82) is 0 Å². The second kappa shape index (κ2) is 8.76. The van der Waals surface area contributed by atoms with Gasteiger partial charge in [-0.3, -0.25) is 5.26 Å². The third-order valence-electron chi connectivity index (χ3n) is 12.3. The molecule has 0 heterocycles. The van der Waals surface area contributed by atoms with Crippen molar-refractivity contribution in [2.24, 2.45) is 45.3 Å². The van der Waals surface area contributed by atoms with Crippen molar-refractivity contribution in [1.82, 2.24) is 0 Å². The van der Waals surface area contributed by atoms with Gasteiger partial charge < -0.3 is 20.4 Å². The largest absolute Gasteiger partial charge is 0.393 e. The average molecular weight is 509 g/mol. The smallest absolute Gasteiger partial charge is 0.116 e. The zero-order valence-electron chi connectivity index (χ0n) is 23.8. The van der Waals surface area contributed by atoms with Gasteiger partial charge in [0.25, 0.3) is 0 Å². The lowest BCUT2D eigenvalue weighted by Crippen LogP contribution is -2.69. The molecule has 11 unspecified atom stereocenters. The van der Waals surface area contributed by atoms with Crippen molar-refractivity contribution >= 4 is 0 Å². The van der Waals surface area contributed by atoms with Crippen LogP contribution in [0.2, 0.25) is 0 Å². The predicted octanol–water partition coefficient (Wildman–Crippen LogP) is 4.94. The summed E-state index contributed by atoms with van der Waals surface area (Å²) in [6.07, 6.45) is 7.30. The molecule has 4 aliphatic rings. The second-order valence-electron chi connectivity index (χ2n) is 15.2. The van der Waals surface area contributed by atoms with Gasteiger partial charge in [-0.2, -0.15) is 0 Å². The molecular formula is C30H52O6. The first-order valence-electron chi connectivity index (χ1n) is 14.1. The van der Waals surface area contributed by atoms with Gasteiger partial charge in [-0.25, -0.2) is 4.89 Å². The highest BCUT2D eigenvalue weighted by atomic mass is 17.1. The second-order valence-corrected chi connectivity index (χ2v) is 15.2. The summed E-state index contributed by atoms with van der Waals surface area (Å²) >= 11 is 0. The minimum absolute atomic E-state index is 0.0123. The Kier molecular flexibility index (Phi) is 6.93. The van der Waals surface area contributed by atoms with E-state index in [9.17, 15) is 20.4 Å². The third-order valence-corrected chi connectivity index (χ3v) is 12.3. The van der Waals surface area contributed by atoms with E-state index in [1.807, 2.05) is 13.0 Å². The van der Waals surface area contributed by atoms with Gasteiger partial charge in [-0.1, -0.05) is 46.8 Å². The monoisotopic (exact) mass is 508 g/mol. The molecule has 0 aromatic rings. The maximum Gasteiger partial charge on any atom is 0.116 e. The van der Waals surface area contributed by atoms with E-state index in [2.05, 4.69) is 39.5 Å². The minimum atomic E-state index is -1.01. The molecule has 0 amide bonds. The van der Waals surface area contributed by atoms with E-state index in [-0.39, 0.29) is 45.3 Å². The zero-order chi connectivity index (χ0) is 27.1. The molecule has 4 saturated carbocycles. The molecule has 5 N–H and O–H groups in total. The number of aliphatic hydroxyl groups excluding tert-OH is 3. The van der Waals surface area contributed by atoms with Crippen molar-refractivity contribution in [3.05, 3.63) is 12.2 Å². The Bertz CT molecular complexity index is 866. The molecule has 6 nitrogen and oxygen atoms in total. The molecule has 36 heavy (non-hydrogen) atoms. The van der Waals surface area contributed by atoms with Crippen LogP contribution in [0.1, 0.15) is 100 Å². The SMILES string of the molecule is CC(C)(C=CCC(C)(O)C1CCC2(C)C1C(O)CC1C3(C)CCC(O)C(C)(C)C3C(O)CC12C)OO. The van der Waals surface area contributed by atoms with E-state index < -0.39 is 29.5 Å². The van der Waals surface area contributed by atoms with Crippen LogP contribution in [0.25, 0.3) is 0 Å². The molecule has 4 rings (SSSR count). The highest BCUT2D eigenvalue weighted by Crippen LogP contribution is 2.75. The van der Waals surface area contributed by atoms with Crippen LogP contribution in [-0.2, 0) is 4.89 Å². The molecule has 4 fully saturated rings. The first-order chi connectivity index (χ1) is 16.4. The molecule has 0 saturated heterocycles. The summed E-state index contributed by atoms with van der Waals surface area (Å²) in [5.41, 5.74) is -2.76. The van der Waals surface area contributed by atoms with Crippen molar-refractivity contribution in [3.63, 3.8) is 0 Å². The van der Waals surface area contributed by atoms with Gasteiger partial charge in [0.2, 0.25) is 0 Å². The Morgan fingerprint density at radius 1 is 0.917 bits per heavy atom. The lowest BCUT2D eigenvalue weighted by molar-refractivity contribution is -0.297. The van der Waals surface area contributed by atoms with Crippen LogP contribution in [0.15, 0.2) is 12.2 Å². The van der Waals surface area contributed by atoms with Gasteiger partial charge in [-0.15, -0.1) is 0 Å². The molecule has 11 atom stereocenters. The summed E-state index contributed by atoms with van der Waals surface area (Å²) in [5.74, 6) is 0.110. The van der Waals surface area contributed by atoms with Gasteiger partial charge in [0.1, 0.15) is 5.60 Å². The van der Waals surface area contributed by atoms with Gasteiger partial charge in [0.15, 0.2) is 0 Å². The quantitative estimate of drug-likeness (QED) is 0.204. The van der Waals surface area contributed by atoms with Gasteiger partial charge in [0, 0.05) is 0 Å². The highest BCUT2D eigenvalue weighted by Gasteiger charge is 2.72. The van der Waals surface area contributed by atoms with Crippen LogP contribution in [0.3, 0.4) is 0 Å². The number of hydrogen-bond acceptors (Lipinski definition) is 6. The van der Waals surface area contributed by atoms with Gasteiger partial charge >= 0.3 is 0 Å². The third kappa shape index (κ3) is 3.96. The molecule has 0 aliphatic heterocycles. The summed E-state index contributed by atoms with van der Waals surface area (Å²) in [4.78, 5) is 4.51. The van der Waals surface area contributed by atoms with Crippen molar-refractivity contribution < 1.29 is 30.6 Å². The number of hydrogen-bond donors (Lipinski definition) is 5. The zero-order valence-corrected chi connectivity index (χ0v) is 23.8. The van der Waals surface area contributed by atoms with Crippen LogP contribution in [-0.4, -0.2) is 55.2 Å². The van der Waals surface area contributed by atoms with Crippen LogP contribution in [0.4, 0.5) is 0 Å². The lowest BCUT2D eigenvalue weighted by Gasteiger charge is -2.71. The summed E-state index contributed by atoms with van der Waals surface area (Å²) in [7, 11) is 0. The van der Waals surface area contributed by atoms with E-state index >= 15 is 0 Å². The van der Waals surface area contributed by atoms with E-state index in [1.165, 1.54) is 0 Å². The molecule has 0 aromatic heterocycles. The molecule has 208 valence electrons. The minimum Gasteiger partial charge on any atom is -0.393 e. The maximum atomic E-state index is 11.8. The predicted molar refractivity (Wildman–Crippen MR) is 140 cm³/mol. The topological polar surface area (TPSA) is 110 Å². The van der Waals surface area contributed by atoms with Crippen LogP contribution < -0.4 is 0 Å². The normalized spacial score (nSPS) is 50.3. The fraction of sp³-hybridized carbons (Fsp3) is 0.933. The van der Waals surface area contributed by atoms with Crippen molar-refractivity contribution in [2.45, 2.75) is 130 Å². The first-order valence-corrected chi connectivity index (χ1v) is 14.1. The molecule has 0 bridgehead atoms. The van der Waals surface area contributed by atoms with E-state index in [1.54, 1.807) is 19.9 Å². The Balaban J connectivity index is 1.67. The summed E-state index contributed by atoms with van der Waals surface area (Å²) in [6.45, 7) is 16.6. The number of fused-ring (bicyclic) bond motifs is 5. The van der Waals surface area contributed by atoms with E-state index in [4.69, 9.17) is 5.26 Å². The highest BCUT2D eigenvalue weighted by molar-refractivity contribution is 5.21. The Labute approximate surface area is 218 Å².